The molecule has 0 aromatic heterocycles. The van der Waals surface area contributed by atoms with Crippen LogP contribution < -0.4 is 15.4 Å². The lowest BCUT2D eigenvalue weighted by Gasteiger charge is -2.21. The predicted octanol–water partition coefficient (Wildman–Crippen LogP) is 1.04. The highest BCUT2D eigenvalue weighted by atomic mass is 16.5. The van der Waals surface area contributed by atoms with Crippen LogP contribution in [0.15, 0.2) is 29.3 Å². The smallest absolute Gasteiger partial charge is 0.191 e. The van der Waals surface area contributed by atoms with Crippen molar-refractivity contribution in [3.63, 3.8) is 0 Å². The van der Waals surface area contributed by atoms with Crippen molar-refractivity contribution in [3.8, 4) is 5.75 Å². The molecule has 25 heavy (non-hydrogen) atoms. The zero-order valence-corrected chi connectivity index (χ0v) is 15.9. The molecule has 1 heterocycles. The lowest BCUT2D eigenvalue weighted by molar-refractivity contribution is 0.280. The second-order valence-corrected chi connectivity index (χ2v) is 6.52. The Morgan fingerprint density at radius 1 is 1.08 bits per heavy atom. The fourth-order valence-corrected chi connectivity index (χ4v) is 2.99. The molecule has 2 N–H and O–H groups in total. The van der Waals surface area contributed by atoms with Gasteiger partial charge in [-0.05, 0) is 50.7 Å². The third kappa shape index (κ3) is 7.32. The molecule has 0 aliphatic carbocycles. The molecule has 6 heteroatoms. The van der Waals surface area contributed by atoms with Crippen molar-refractivity contribution < 1.29 is 4.74 Å². The van der Waals surface area contributed by atoms with E-state index in [0.29, 0.717) is 0 Å². The number of nitrogens with zero attached hydrogens (tertiary/aromatic N) is 3. The van der Waals surface area contributed by atoms with Gasteiger partial charge in [0.05, 0.1) is 7.11 Å². The lowest BCUT2D eigenvalue weighted by Crippen LogP contribution is -2.42. The number of likely N-dealkylation sites (N-methyl/N-ethyl adjacent to an activating group) is 1. The van der Waals surface area contributed by atoms with Gasteiger partial charge in [-0.25, -0.2) is 0 Å². The zero-order chi connectivity index (χ0) is 17.9. The van der Waals surface area contributed by atoms with Gasteiger partial charge in [0.25, 0.3) is 0 Å². The molecule has 2 rings (SSSR count). The van der Waals surface area contributed by atoms with Gasteiger partial charge in [-0.1, -0.05) is 12.1 Å². The van der Waals surface area contributed by atoms with Gasteiger partial charge in [0.15, 0.2) is 5.96 Å². The number of benzene rings is 1. The van der Waals surface area contributed by atoms with E-state index in [9.17, 15) is 0 Å². The van der Waals surface area contributed by atoms with Gasteiger partial charge in [0.1, 0.15) is 5.75 Å². The summed E-state index contributed by atoms with van der Waals surface area (Å²) in [6.07, 6.45) is 2.22. The predicted molar refractivity (Wildman–Crippen MR) is 105 cm³/mol. The van der Waals surface area contributed by atoms with Gasteiger partial charge < -0.3 is 25.2 Å². The Bertz CT molecular complexity index is 517. The number of hydrogen-bond donors (Lipinski definition) is 2. The minimum Gasteiger partial charge on any atom is -0.497 e. The van der Waals surface area contributed by atoms with Crippen LogP contribution in [-0.4, -0.2) is 82.8 Å². The second-order valence-electron chi connectivity index (χ2n) is 6.52. The van der Waals surface area contributed by atoms with Crippen molar-refractivity contribution in [1.29, 1.82) is 0 Å². The van der Waals surface area contributed by atoms with E-state index in [4.69, 9.17) is 4.74 Å². The summed E-state index contributed by atoms with van der Waals surface area (Å²) in [7, 11) is 5.72. The summed E-state index contributed by atoms with van der Waals surface area (Å²) in [6, 6.07) is 8.21. The third-order valence-electron chi connectivity index (χ3n) is 4.62. The van der Waals surface area contributed by atoms with E-state index in [-0.39, 0.29) is 0 Å². The van der Waals surface area contributed by atoms with Crippen molar-refractivity contribution in [1.82, 2.24) is 20.4 Å². The molecule has 1 aliphatic heterocycles. The first-order chi connectivity index (χ1) is 12.2. The topological polar surface area (TPSA) is 52.1 Å². The average molecular weight is 348 g/mol. The monoisotopic (exact) mass is 347 g/mol. The number of methoxy groups -OCH3 is 1. The summed E-state index contributed by atoms with van der Waals surface area (Å²) in [5.41, 5.74) is 1.29. The van der Waals surface area contributed by atoms with Gasteiger partial charge in [-0.2, -0.15) is 0 Å². The van der Waals surface area contributed by atoms with Crippen molar-refractivity contribution in [2.45, 2.75) is 12.8 Å². The van der Waals surface area contributed by atoms with E-state index in [2.05, 4.69) is 44.6 Å². The van der Waals surface area contributed by atoms with E-state index in [1.54, 1.807) is 7.11 Å². The third-order valence-corrected chi connectivity index (χ3v) is 4.62. The normalized spacial score (nSPS) is 17.2. The number of rotatable bonds is 7. The van der Waals surface area contributed by atoms with Crippen molar-refractivity contribution in [3.05, 3.63) is 29.8 Å². The minimum atomic E-state index is 0.862. The Labute approximate surface area is 152 Å². The fraction of sp³-hybridized carbons (Fsp3) is 0.632. The van der Waals surface area contributed by atoms with Crippen LogP contribution in [0.5, 0.6) is 5.75 Å². The first-order valence-electron chi connectivity index (χ1n) is 9.19. The maximum atomic E-state index is 5.19. The molecule has 1 aromatic carbocycles. The summed E-state index contributed by atoms with van der Waals surface area (Å²) in [6.45, 7) is 7.56. The lowest BCUT2D eigenvalue weighted by atomic mass is 10.1. The summed E-state index contributed by atoms with van der Waals surface area (Å²) < 4.78 is 5.19. The molecule has 1 aromatic rings. The summed E-state index contributed by atoms with van der Waals surface area (Å²) >= 11 is 0. The highest BCUT2D eigenvalue weighted by Gasteiger charge is 2.11. The number of guanidine groups is 1. The largest absolute Gasteiger partial charge is 0.497 e. The molecule has 6 nitrogen and oxygen atoms in total. The molecular weight excluding hydrogens is 314 g/mol. The molecule has 140 valence electrons. The molecule has 1 saturated heterocycles. The van der Waals surface area contributed by atoms with E-state index < -0.39 is 0 Å². The van der Waals surface area contributed by atoms with E-state index in [1.807, 2.05) is 19.2 Å². The van der Waals surface area contributed by atoms with Crippen molar-refractivity contribution in [2.75, 3.05) is 67.0 Å². The van der Waals surface area contributed by atoms with Crippen LogP contribution in [-0.2, 0) is 6.42 Å². The van der Waals surface area contributed by atoms with Gasteiger partial charge in [-0.15, -0.1) is 0 Å². The van der Waals surface area contributed by atoms with Crippen LogP contribution in [0.1, 0.15) is 12.0 Å². The van der Waals surface area contributed by atoms with Gasteiger partial charge in [0, 0.05) is 39.8 Å². The molecule has 0 atom stereocenters. The Kier molecular flexibility index (Phi) is 8.55. The first-order valence-corrected chi connectivity index (χ1v) is 9.19. The average Bonchev–Trinajstić information content (AvgIpc) is 2.85. The van der Waals surface area contributed by atoms with Crippen LogP contribution in [0.25, 0.3) is 0 Å². The minimum absolute atomic E-state index is 0.862. The van der Waals surface area contributed by atoms with Crippen LogP contribution in [0, 0.1) is 0 Å². The highest BCUT2D eigenvalue weighted by molar-refractivity contribution is 5.79. The van der Waals surface area contributed by atoms with Crippen LogP contribution in [0.3, 0.4) is 0 Å². The molecule has 0 radical (unpaired) electrons. The van der Waals surface area contributed by atoms with Crippen molar-refractivity contribution >= 4 is 5.96 Å². The summed E-state index contributed by atoms with van der Waals surface area (Å²) in [4.78, 5) is 9.25. The summed E-state index contributed by atoms with van der Waals surface area (Å²) in [5, 5.41) is 6.80. The zero-order valence-electron chi connectivity index (χ0n) is 15.9. The quantitative estimate of drug-likeness (QED) is 0.570. The molecule has 0 amide bonds. The van der Waals surface area contributed by atoms with Crippen molar-refractivity contribution in [2.24, 2.45) is 4.99 Å². The molecule has 0 unspecified atom stereocenters. The highest BCUT2D eigenvalue weighted by Crippen LogP contribution is 2.11. The number of nitrogens with one attached hydrogen (secondary N) is 2. The van der Waals surface area contributed by atoms with Gasteiger partial charge in [0.2, 0.25) is 0 Å². The Balaban J connectivity index is 1.63. The molecule has 0 spiro atoms. The van der Waals surface area contributed by atoms with Crippen LogP contribution in [0.4, 0.5) is 0 Å². The Hall–Kier alpha value is -1.79. The van der Waals surface area contributed by atoms with Crippen LogP contribution in [0.2, 0.25) is 0 Å². The number of aliphatic imine (C=N–C) groups is 1. The van der Waals surface area contributed by atoms with Crippen LogP contribution >= 0.6 is 0 Å². The molecule has 1 fully saturated rings. The molecular formula is C19H33N5O. The SMILES string of the molecule is CN=C(NCCc1ccc(OC)cc1)NCCN1CCCN(C)CC1. The fourth-order valence-electron chi connectivity index (χ4n) is 2.99. The first kappa shape index (κ1) is 19.5. The number of hydrogen-bond acceptors (Lipinski definition) is 4. The molecule has 1 aliphatic rings. The second kappa shape index (κ2) is 10.9. The summed E-state index contributed by atoms with van der Waals surface area (Å²) in [5.74, 6) is 1.77. The van der Waals surface area contributed by atoms with E-state index in [0.717, 1.165) is 50.9 Å². The Morgan fingerprint density at radius 3 is 2.56 bits per heavy atom. The van der Waals surface area contributed by atoms with Gasteiger partial charge in [-0.3, -0.25) is 4.99 Å². The maximum absolute atomic E-state index is 5.19. The van der Waals surface area contributed by atoms with E-state index in [1.165, 1.54) is 25.1 Å². The van der Waals surface area contributed by atoms with E-state index >= 15 is 0 Å². The number of ether oxygens (including phenoxy) is 1. The maximum Gasteiger partial charge on any atom is 0.191 e. The Morgan fingerprint density at radius 2 is 1.84 bits per heavy atom. The molecule has 0 saturated carbocycles. The molecule has 0 bridgehead atoms. The standard InChI is InChI=1S/C19H33N5O/c1-20-19(21-10-9-17-5-7-18(25-3)8-6-17)22-11-14-24-13-4-12-23(2)15-16-24/h5-8H,4,9-16H2,1-3H3,(H2,20,21,22). The van der Waals surface area contributed by atoms with Gasteiger partial charge >= 0.3 is 0 Å².